The predicted molar refractivity (Wildman–Crippen MR) is 97.4 cm³/mol. The number of halogens is 1. The molecule has 0 bridgehead atoms. The monoisotopic (exact) mass is 358 g/mol. The molecule has 0 saturated heterocycles. The Morgan fingerprint density at radius 1 is 1.32 bits per heavy atom. The van der Waals surface area contributed by atoms with E-state index in [1.165, 1.54) is 23.5 Å². The van der Waals surface area contributed by atoms with E-state index in [-0.39, 0.29) is 11.7 Å². The molecule has 0 fully saturated rings. The highest BCUT2D eigenvalue weighted by Gasteiger charge is 2.22. The molecule has 4 nitrogen and oxygen atoms in total. The van der Waals surface area contributed by atoms with Gasteiger partial charge in [-0.25, -0.2) is 4.39 Å². The van der Waals surface area contributed by atoms with Crippen molar-refractivity contribution in [3.63, 3.8) is 0 Å². The van der Waals surface area contributed by atoms with E-state index in [1.807, 2.05) is 25.1 Å². The molecule has 2 aromatic heterocycles. The Kier molecular flexibility index (Phi) is 5.40. The molecule has 0 aliphatic rings. The lowest BCUT2D eigenvalue weighted by molar-refractivity contribution is 0.0682. The number of pyridine rings is 1. The lowest BCUT2D eigenvalue weighted by Crippen LogP contribution is -2.33. The number of nitrogens with zero attached hydrogens (tertiary/aromatic N) is 2. The van der Waals surface area contributed by atoms with E-state index < -0.39 is 0 Å². The van der Waals surface area contributed by atoms with Crippen molar-refractivity contribution < 1.29 is 13.9 Å². The van der Waals surface area contributed by atoms with Gasteiger partial charge < -0.3 is 9.64 Å². The summed E-state index contributed by atoms with van der Waals surface area (Å²) in [6, 6.07) is 10.3. The number of methoxy groups -OCH3 is 1. The van der Waals surface area contributed by atoms with Crippen LogP contribution >= 0.6 is 11.3 Å². The van der Waals surface area contributed by atoms with E-state index in [2.05, 4.69) is 4.98 Å². The third kappa shape index (κ3) is 3.86. The predicted octanol–water partition coefficient (Wildman–Crippen LogP) is 4.03. The summed E-state index contributed by atoms with van der Waals surface area (Å²) in [5.74, 6) is -0.376. The summed E-state index contributed by atoms with van der Waals surface area (Å²) in [5, 5.41) is 0.790. The first kappa shape index (κ1) is 17.5. The van der Waals surface area contributed by atoms with E-state index in [0.29, 0.717) is 24.6 Å². The molecule has 0 radical (unpaired) electrons. The molecular weight excluding hydrogens is 339 g/mol. The first-order valence-corrected chi connectivity index (χ1v) is 8.78. The van der Waals surface area contributed by atoms with Gasteiger partial charge >= 0.3 is 0 Å². The number of carbonyl (C=O) groups is 1. The van der Waals surface area contributed by atoms with Gasteiger partial charge in [-0.1, -0.05) is 6.07 Å². The first-order valence-electron chi connectivity index (χ1n) is 7.97. The highest BCUT2D eigenvalue weighted by Crippen LogP contribution is 2.32. The maximum absolute atomic E-state index is 13.5. The second kappa shape index (κ2) is 7.72. The summed E-state index contributed by atoms with van der Waals surface area (Å²) in [5.41, 5.74) is 1.63. The Morgan fingerprint density at radius 3 is 2.88 bits per heavy atom. The van der Waals surface area contributed by atoms with Crippen LogP contribution in [0.15, 0.2) is 42.6 Å². The summed E-state index contributed by atoms with van der Waals surface area (Å²) in [6.45, 7) is 3.18. The zero-order valence-corrected chi connectivity index (χ0v) is 15.0. The van der Waals surface area contributed by atoms with E-state index in [4.69, 9.17) is 4.74 Å². The van der Waals surface area contributed by atoms with Crippen molar-refractivity contribution >= 4 is 27.3 Å². The fourth-order valence-electron chi connectivity index (χ4n) is 2.68. The van der Waals surface area contributed by atoms with Crippen molar-refractivity contribution in [1.82, 2.24) is 9.88 Å². The maximum Gasteiger partial charge on any atom is 0.264 e. The molecule has 1 aromatic carbocycles. The van der Waals surface area contributed by atoms with Crippen LogP contribution in [0.4, 0.5) is 4.39 Å². The van der Waals surface area contributed by atoms with Crippen LogP contribution in [0.2, 0.25) is 0 Å². The summed E-state index contributed by atoms with van der Waals surface area (Å²) in [7, 11) is 1.61. The van der Waals surface area contributed by atoms with Crippen LogP contribution in [0.3, 0.4) is 0 Å². The SMILES string of the molecule is COCCN(Cc1ccccn1)C(=O)c1sc2ccc(F)cc2c1C. The minimum absolute atomic E-state index is 0.0817. The van der Waals surface area contributed by atoms with Crippen molar-refractivity contribution in [2.24, 2.45) is 0 Å². The molecule has 6 heteroatoms. The zero-order chi connectivity index (χ0) is 17.8. The van der Waals surface area contributed by atoms with Gasteiger partial charge in [0.25, 0.3) is 5.91 Å². The first-order chi connectivity index (χ1) is 12.1. The number of fused-ring (bicyclic) bond motifs is 1. The van der Waals surface area contributed by atoms with Gasteiger partial charge in [-0.3, -0.25) is 9.78 Å². The number of rotatable bonds is 6. The Labute approximate surface area is 149 Å². The van der Waals surface area contributed by atoms with Gasteiger partial charge in [-0.15, -0.1) is 11.3 Å². The van der Waals surface area contributed by atoms with Gasteiger partial charge in [-0.2, -0.15) is 0 Å². The number of thiophene rings is 1. The summed E-state index contributed by atoms with van der Waals surface area (Å²) < 4.78 is 19.6. The number of hydrogen-bond donors (Lipinski definition) is 0. The third-order valence-electron chi connectivity index (χ3n) is 4.02. The highest BCUT2D eigenvalue weighted by atomic mass is 32.1. The largest absolute Gasteiger partial charge is 0.383 e. The molecule has 1 amide bonds. The molecule has 0 saturated carbocycles. The molecule has 0 unspecified atom stereocenters. The van der Waals surface area contributed by atoms with Gasteiger partial charge in [0.15, 0.2) is 0 Å². The number of aryl methyl sites for hydroxylation is 1. The Balaban J connectivity index is 1.92. The quantitative estimate of drug-likeness (QED) is 0.668. The average molecular weight is 358 g/mol. The van der Waals surface area contributed by atoms with E-state index >= 15 is 0 Å². The number of hydrogen-bond acceptors (Lipinski definition) is 4. The zero-order valence-electron chi connectivity index (χ0n) is 14.2. The van der Waals surface area contributed by atoms with Gasteiger partial charge in [0.2, 0.25) is 0 Å². The lowest BCUT2D eigenvalue weighted by atomic mass is 10.1. The number of benzene rings is 1. The van der Waals surface area contributed by atoms with Gasteiger partial charge in [0.05, 0.1) is 23.7 Å². The lowest BCUT2D eigenvalue weighted by Gasteiger charge is -2.21. The Bertz CT molecular complexity index is 880. The van der Waals surface area contributed by atoms with Crippen molar-refractivity contribution in [3.8, 4) is 0 Å². The van der Waals surface area contributed by atoms with Gasteiger partial charge in [0, 0.05) is 24.6 Å². The van der Waals surface area contributed by atoms with E-state index in [0.717, 1.165) is 21.3 Å². The Hall–Kier alpha value is -2.31. The van der Waals surface area contributed by atoms with Crippen LogP contribution in [0.25, 0.3) is 10.1 Å². The molecule has 130 valence electrons. The smallest absolute Gasteiger partial charge is 0.264 e. The summed E-state index contributed by atoms with van der Waals surface area (Å²) in [4.78, 5) is 19.7. The molecule has 0 atom stereocenters. The van der Waals surface area contributed by atoms with Crippen LogP contribution in [-0.2, 0) is 11.3 Å². The molecular formula is C19H19FN2O2S. The van der Waals surface area contributed by atoms with Crippen molar-refractivity contribution in [3.05, 3.63) is 64.5 Å². The minimum Gasteiger partial charge on any atom is -0.383 e. The second-order valence-electron chi connectivity index (χ2n) is 5.74. The molecule has 25 heavy (non-hydrogen) atoms. The molecule has 3 aromatic rings. The van der Waals surface area contributed by atoms with Crippen LogP contribution in [-0.4, -0.2) is 36.1 Å². The molecule has 0 aliphatic heterocycles. The number of carbonyl (C=O) groups excluding carboxylic acids is 1. The van der Waals surface area contributed by atoms with Crippen LogP contribution < -0.4 is 0 Å². The molecule has 3 rings (SSSR count). The fourth-order valence-corrected chi connectivity index (χ4v) is 3.84. The van der Waals surface area contributed by atoms with E-state index in [1.54, 1.807) is 24.3 Å². The van der Waals surface area contributed by atoms with Crippen LogP contribution in [0, 0.1) is 12.7 Å². The number of aromatic nitrogens is 1. The second-order valence-corrected chi connectivity index (χ2v) is 6.79. The van der Waals surface area contributed by atoms with Crippen molar-refractivity contribution in [2.75, 3.05) is 20.3 Å². The highest BCUT2D eigenvalue weighted by molar-refractivity contribution is 7.21. The van der Waals surface area contributed by atoms with Gasteiger partial charge in [0.1, 0.15) is 5.82 Å². The number of amides is 1. The average Bonchev–Trinajstić information content (AvgIpc) is 2.95. The van der Waals surface area contributed by atoms with Crippen molar-refractivity contribution in [2.45, 2.75) is 13.5 Å². The number of ether oxygens (including phenoxy) is 1. The normalized spacial score (nSPS) is 11.0. The van der Waals surface area contributed by atoms with Crippen LogP contribution in [0.5, 0.6) is 0 Å². The molecule has 0 aliphatic carbocycles. The van der Waals surface area contributed by atoms with Crippen LogP contribution in [0.1, 0.15) is 20.9 Å². The Morgan fingerprint density at radius 2 is 2.16 bits per heavy atom. The minimum atomic E-state index is -0.294. The molecule has 2 heterocycles. The molecule has 0 N–H and O–H groups in total. The van der Waals surface area contributed by atoms with Gasteiger partial charge in [-0.05, 0) is 48.2 Å². The fraction of sp³-hybridized carbons (Fsp3) is 0.263. The summed E-state index contributed by atoms with van der Waals surface area (Å²) in [6.07, 6.45) is 1.71. The topological polar surface area (TPSA) is 42.4 Å². The maximum atomic E-state index is 13.5. The third-order valence-corrected chi connectivity index (χ3v) is 5.28. The summed E-state index contributed by atoms with van der Waals surface area (Å²) >= 11 is 1.39. The molecule has 0 spiro atoms. The van der Waals surface area contributed by atoms with Crippen molar-refractivity contribution in [1.29, 1.82) is 0 Å². The standard InChI is InChI=1S/C19H19FN2O2S/c1-13-16-11-14(20)6-7-17(16)25-18(13)19(23)22(9-10-24-2)12-15-5-3-4-8-21-15/h3-8,11H,9-10,12H2,1-2H3. The van der Waals surface area contributed by atoms with E-state index in [9.17, 15) is 9.18 Å².